The summed E-state index contributed by atoms with van der Waals surface area (Å²) in [7, 11) is 1.51. The largest absolute Gasteiger partial charge is 0.373 e. The van der Waals surface area contributed by atoms with Gasteiger partial charge in [0.2, 0.25) is 5.95 Å². The van der Waals surface area contributed by atoms with Crippen LogP contribution >= 0.6 is 11.6 Å². The average Bonchev–Trinajstić information content (AvgIpc) is 2.65. The van der Waals surface area contributed by atoms with Crippen molar-refractivity contribution in [2.75, 3.05) is 24.6 Å². The number of aromatic nitrogens is 4. The van der Waals surface area contributed by atoms with Gasteiger partial charge in [-0.25, -0.2) is 19.3 Å². The van der Waals surface area contributed by atoms with Crippen molar-refractivity contribution in [2.45, 2.75) is 13.0 Å². The number of morpholine rings is 1. The van der Waals surface area contributed by atoms with E-state index in [2.05, 4.69) is 19.7 Å². The fourth-order valence-corrected chi connectivity index (χ4v) is 3.23. The first-order chi connectivity index (χ1) is 13.7. The topological polar surface area (TPSA) is 73.1 Å². The average molecular weight is 426 g/mol. The number of anilines is 1. The molecule has 7 nitrogen and oxygen atoms in total. The van der Waals surface area contributed by atoms with Crippen molar-refractivity contribution in [1.82, 2.24) is 19.5 Å². The summed E-state index contributed by atoms with van der Waals surface area (Å²) >= 11 is 5.83. The lowest BCUT2D eigenvalue weighted by molar-refractivity contribution is -0.240. The second kappa shape index (κ2) is 6.96. The van der Waals surface area contributed by atoms with Gasteiger partial charge in [-0.3, -0.25) is 9.36 Å². The molecule has 0 amide bonds. The molecular weight excluding hydrogens is 411 g/mol. The normalized spacial score (nSPS) is 16.4. The molecule has 3 heterocycles. The minimum absolute atomic E-state index is 0.0229. The maximum absolute atomic E-state index is 14.6. The van der Waals surface area contributed by atoms with E-state index in [0.717, 1.165) is 6.07 Å². The van der Waals surface area contributed by atoms with Crippen LogP contribution in [0.4, 0.5) is 19.1 Å². The molecule has 4 rings (SSSR count). The number of hydrogen-bond donors (Lipinski definition) is 0. The van der Waals surface area contributed by atoms with Crippen LogP contribution in [0.2, 0.25) is 5.02 Å². The van der Waals surface area contributed by atoms with Crippen LogP contribution < -0.4 is 10.5 Å². The van der Waals surface area contributed by atoms with Crippen LogP contribution in [-0.2, 0) is 11.8 Å². The van der Waals surface area contributed by atoms with E-state index in [-0.39, 0.29) is 46.4 Å². The predicted octanol–water partition coefficient (Wildman–Crippen LogP) is 2.92. The highest BCUT2D eigenvalue weighted by molar-refractivity contribution is 6.30. The third-order valence-corrected chi connectivity index (χ3v) is 4.89. The van der Waals surface area contributed by atoms with Crippen LogP contribution in [0.3, 0.4) is 0 Å². The zero-order valence-corrected chi connectivity index (χ0v) is 16.2. The molecule has 1 aromatic carbocycles. The first-order valence-corrected chi connectivity index (χ1v) is 9.01. The summed E-state index contributed by atoms with van der Waals surface area (Å²) in [5.41, 5.74) is -0.456. The fourth-order valence-electron chi connectivity index (χ4n) is 3.07. The molecule has 3 aromatic rings. The highest BCUT2D eigenvalue weighted by Crippen LogP contribution is 2.31. The van der Waals surface area contributed by atoms with Gasteiger partial charge in [-0.2, -0.15) is 8.78 Å². The highest BCUT2D eigenvalue weighted by atomic mass is 35.5. The summed E-state index contributed by atoms with van der Waals surface area (Å²) < 4.78 is 47.8. The molecule has 2 aromatic heterocycles. The third-order valence-electron chi connectivity index (χ3n) is 4.66. The number of fused-ring (bicyclic) bond motifs is 1. The number of hydrogen-bond acceptors (Lipinski definition) is 6. The lowest BCUT2D eigenvalue weighted by Crippen LogP contribution is -2.47. The van der Waals surface area contributed by atoms with Gasteiger partial charge in [0.1, 0.15) is 29.4 Å². The second-order valence-electron chi connectivity index (χ2n) is 6.62. The van der Waals surface area contributed by atoms with E-state index in [4.69, 9.17) is 11.6 Å². The Hall–Kier alpha value is -2.72. The fraction of sp³-hybridized carbons (Fsp3) is 0.333. The van der Waals surface area contributed by atoms with Crippen LogP contribution in [0.1, 0.15) is 5.82 Å². The Morgan fingerprint density at radius 3 is 2.66 bits per heavy atom. The summed E-state index contributed by atoms with van der Waals surface area (Å²) in [5, 5.41) is 0.178. The lowest BCUT2D eigenvalue weighted by atomic mass is 10.1. The van der Waals surface area contributed by atoms with E-state index in [1.807, 2.05) is 0 Å². The SMILES string of the molecule is Cc1nc2c(-c3ccc(Cl)cc3F)nc(N3CCOC(F)(F)C3)nc2c(=O)n1C. The van der Waals surface area contributed by atoms with Crippen molar-refractivity contribution in [3.8, 4) is 11.3 Å². The van der Waals surface area contributed by atoms with Crippen LogP contribution in [-0.4, -0.2) is 45.3 Å². The molecule has 0 bridgehead atoms. The molecule has 0 spiro atoms. The molecule has 1 aliphatic heterocycles. The smallest absolute Gasteiger partial charge is 0.330 e. The Kier molecular flexibility index (Phi) is 4.70. The lowest BCUT2D eigenvalue weighted by Gasteiger charge is -2.32. The highest BCUT2D eigenvalue weighted by Gasteiger charge is 2.38. The van der Waals surface area contributed by atoms with Gasteiger partial charge in [0.05, 0.1) is 6.61 Å². The summed E-state index contributed by atoms with van der Waals surface area (Å²) in [6, 6.07) is 3.96. The van der Waals surface area contributed by atoms with Gasteiger partial charge in [-0.1, -0.05) is 11.6 Å². The Morgan fingerprint density at radius 1 is 1.21 bits per heavy atom. The van der Waals surface area contributed by atoms with Crippen molar-refractivity contribution in [3.63, 3.8) is 0 Å². The monoisotopic (exact) mass is 425 g/mol. The Bertz CT molecular complexity index is 1180. The molecule has 152 valence electrons. The van der Waals surface area contributed by atoms with Crippen molar-refractivity contribution in [2.24, 2.45) is 7.05 Å². The van der Waals surface area contributed by atoms with E-state index in [0.29, 0.717) is 5.82 Å². The minimum atomic E-state index is -3.39. The zero-order valence-electron chi connectivity index (χ0n) is 15.4. The predicted molar refractivity (Wildman–Crippen MR) is 101 cm³/mol. The van der Waals surface area contributed by atoms with Crippen molar-refractivity contribution >= 4 is 28.6 Å². The molecule has 0 N–H and O–H groups in total. The van der Waals surface area contributed by atoms with Crippen molar-refractivity contribution < 1.29 is 17.9 Å². The summed E-state index contributed by atoms with van der Waals surface area (Å²) in [5.74, 6) is -0.448. The first-order valence-electron chi connectivity index (χ1n) is 8.64. The number of nitrogens with zero attached hydrogens (tertiary/aromatic N) is 5. The van der Waals surface area contributed by atoms with Gasteiger partial charge in [0.15, 0.2) is 5.52 Å². The maximum atomic E-state index is 14.6. The van der Waals surface area contributed by atoms with Gasteiger partial charge in [-0.05, 0) is 25.1 Å². The first kappa shape index (κ1) is 19.6. The number of benzene rings is 1. The maximum Gasteiger partial charge on any atom is 0.373 e. The number of rotatable bonds is 2. The molecule has 1 saturated heterocycles. The van der Waals surface area contributed by atoms with E-state index in [1.165, 1.54) is 28.6 Å². The molecule has 29 heavy (non-hydrogen) atoms. The van der Waals surface area contributed by atoms with Crippen LogP contribution in [0.5, 0.6) is 0 Å². The molecule has 11 heteroatoms. The molecule has 0 aliphatic carbocycles. The molecule has 0 unspecified atom stereocenters. The van der Waals surface area contributed by atoms with Gasteiger partial charge in [-0.15, -0.1) is 0 Å². The van der Waals surface area contributed by atoms with Crippen LogP contribution in [0.25, 0.3) is 22.3 Å². The Morgan fingerprint density at radius 2 is 1.97 bits per heavy atom. The quantitative estimate of drug-likeness (QED) is 0.628. The minimum Gasteiger partial charge on any atom is -0.330 e. The number of aryl methyl sites for hydroxylation is 1. The number of ether oxygens (including phenoxy) is 1. The molecule has 0 atom stereocenters. The molecule has 0 saturated carbocycles. The third kappa shape index (κ3) is 3.53. The van der Waals surface area contributed by atoms with Crippen molar-refractivity contribution in [1.29, 1.82) is 0 Å². The van der Waals surface area contributed by atoms with Crippen LogP contribution in [0.15, 0.2) is 23.0 Å². The van der Waals surface area contributed by atoms with Crippen LogP contribution in [0, 0.1) is 12.7 Å². The Labute approximate surface area is 167 Å². The molecule has 1 aliphatic rings. The summed E-state index contributed by atoms with van der Waals surface area (Å²) in [6.07, 6.45) is -3.39. The summed E-state index contributed by atoms with van der Waals surface area (Å²) in [6.45, 7) is 0.659. The zero-order chi connectivity index (χ0) is 20.9. The Balaban J connectivity index is 2.01. The number of halogens is 4. The standard InChI is InChI=1S/C18H15ClF3N5O2/c1-9-23-14-13(11-4-3-10(19)7-12(11)20)24-17(25-15(14)16(28)26(9)2)27-5-6-29-18(21,22)8-27/h3-4,7H,5-6,8H2,1-2H3. The molecule has 1 fully saturated rings. The molecular formula is C18H15ClF3N5O2. The van der Waals surface area contributed by atoms with Gasteiger partial charge < -0.3 is 9.64 Å². The van der Waals surface area contributed by atoms with Gasteiger partial charge in [0, 0.05) is 24.2 Å². The second-order valence-corrected chi connectivity index (χ2v) is 7.06. The molecule has 0 radical (unpaired) electrons. The van der Waals surface area contributed by atoms with Gasteiger partial charge in [0.25, 0.3) is 5.56 Å². The van der Waals surface area contributed by atoms with E-state index in [1.54, 1.807) is 6.92 Å². The summed E-state index contributed by atoms with van der Waals surface area (Å²) in [4.78, 5) is 26.8. The van der Waals surface area contributed by atoms with E-state index >= 15 is 0 Å². The van der Waals surface area contributed by atoms with E-state index in [9.17, 15) is 18.0 Å². The van der Waals surface area contributed by atoms with Crippen molar-refractivity contribution in [3.05, 3.63) is 45.2 Å². The van der Waals surface area contributed by atoms with Gasteiger partial charge >= 0.3 is 6.11 Å². The van der Waals surface area contributed by atoms with E-state index < -0.39 is 24.0 Å². The number of alkyl halides is 2.